The lowest BCUT2D eigenvalue weighted by atomic mass is 9.96. The van der Waals surface area contributed by atoms with E-state index in [-0.39, 0.29) is 17.3 Å². The van der Waals surface area contributed by atoms with E-state index in [9.17, 15) is 9.18 Å². The lowest BCUT2D eigenvalue weighted by molar-refractivity contribution is 0.239. The van der Waals surface area contributed by atoms with E-state index >= 15 is 0 Å². The molecule has 1 fully saturated rings. The zero-order valence-electron chi connectivity index (χ0n) is 12.6. The number of urea groups is 1. The van der Waals surface area contributed by atoms with Crippen LogP contribution in [0.4, 0.5) is 9.18 Å². The fourth-order valence-corrected chi connectivity index (χ4v) is 2.85. The Kier molecular flexibility index (Phi) is 4.53. The molecular formula is C18H18ClFN2O. The van der Waals surface area contributed by atoms with Crippen LogP contribution in [0.2, 0.25) is 5.02 Å². The average Bonchev–Trinajstić information content (AvgIpc) is 3.34. The summed E-state index contributed by atoms with van der Waals surface area (Å²) in [5.41, 5.74) is 1.91. The summed E-state index contributed by atoms with van der Waals surface area (Å²) in [6.07, 6.45) is 2.01. The predicted octanol–water partition coefficient (Wildman–Crippen LogP) is 4.01. The van der Waals surface area contributed by atoms with E-state index in [0.29, 0.717) is 18.1 Å². The second-order valence-corrected chi connectivity index (χ2v) is 6.32. The van der Waals surface area contributed by atoms with Crippen molar-refractivity contribution in [2.24, 2.45) is 0 Å². The zero-order chi connectivity index (χ0) is 16.3. The van der Waals surface area contributed by atoms with Crippen molar-refractivity contribution in [1.29, 1.82) is 0 Å². The molecule has 0 heterocycles. The molecule has 2 amide bonds. The Bertz CT molecular complexity index is 698. The Morgan fingerprint density at radius 2 is 1.78 bits per heavy atom. The quantitative estimate of drug-likeness (QED) is 0.853. The van der Waals surface area contributed by atoms with E-state index in [1.165, 1.54) is 12.1 Å². The summed E-state index contributed by atoms with van der Waals surface area (Å²) in [5.74, 6) is -0.241. The summed E-state index contributed by atoms with van der Waals surface area (Å²) in [4.78, 5) is 12.0. The maximum atomic E-state index is 13.0. The van der Waals surface area contributed by atoms with Crippen LogP contribution in [0.5, 0.6) is 0 Å². The molecule has 2 aromatic rings. The van der Waals surface area contributed by atoms with Crippen LogP contribution < -0.4 is 10.6 Å². The van der Waals surface area contributed by atoms with Gasteiger partial charge in [-0.15, -0.1) is 0 Å². The highest BCUT2D eigenvalue weighted by atomic mass is 35.5. The van der Waals surface area contributed by atoms with Gasteiger partial charge in [0.1, 0.15) is 5.82 Å². The molecule has 0 aliphatic heterocycles. The number of benzene rings is 2. The van der Waals surface area contributed by atoms with Crippen LogP contribution in [0.1, 0.15) is 24.0 Å². The van der Waals surface area contributed by atoms with Gasteiger partial charge in [0.2, 0.25) is 0 Å². The van der Waals surface area contributed by atoms with Gasteiger partial charge in [0, 0.05) is 23.5 Å². The number of carbonyl (C=O) groups is 1. The molecule has 120 valence electrons. The zero-order valence-corrected chi connectivity index (χ0v) is 13.4. The highest BCUT2D eigenvalue weighted by molar-refractivity contribution is 6.31. The van der Waals surface area contributed by atoms with E-state index in [2.05, 4.69) is 10.6 Å². The molecule has 1 saturated carbocycles. The molecule has 0 radical (unpaired) electrons. The summed E-state index contributed by atoms with van der Waals surface area (Å²) in [6.45, 7) is 0.933. The molecule has 1 aliphatic carbocycles. The van der Waals surface area contributed by atoms with Crippen molar-refractivity contribution >= 4 is 17.6 Å². The van der Waals surface area contributed by atoms with Crippen molar-refractivity contribution in [3.05, 3.63) is 70.5 Å². The standard InChI is InChI=1S/C18H18ClFN2O/c19-16-4-2-1-3-13(16)11-21-17(23)22-12-18(9-10-18)14-5-7-15(20)8-6-14/h1-8H,9-12H2,(H2,21,22,23). The maximum absolute atomic E-state index is 13.0. The van der Waals surface area contributed by atoms with Crippen LogP contribution >= 0.6 is 11.6 Å². The van der Waals surface area contributed by atoms with Gasteiger partial charge in [0.05, 0.1) is 0 Å². The van der Waals surface area contributed by atoms with Gasteiger partial charge in [0.15, 0.2) is 0 Å². The second-order valence-electron chi connectivity index (χ2n) is 5.91. The van der Waals surface area contributed by atoms with Crippen molar-refractivity contribution in [1.82, 2.24) is 10.6 Å². The molecular weight excluding hydrogens is 315 g/mol. The monoisotopic (exact) mass is 332 g/mol. The van der Waals surface area contributed by atoms with Crippen molar-refractivity contribution < 1.29 is 9.18 Å². The molecule has 2 N–H and O–H groups in total. The molecule has 1 aliphatic rings. The van der Waals surface area contributed by atoms with Gasteiger partial charge in [0.25, 0.3) is 0 Å². The number of rotatable bonds is 5. The molecule has 2 aromatic carbocycles. The third kappa shape index (κ3) is 3.82. The first-order valence-electron chi connectivity index (χ1n) is 7.60. The maximum Gasteiger partial charge on any atom is 0.315 e. The van der Waals surface area contributed by atoms with Crippen molar-refractivity contribution in [3.63, 3.8) is 0 Å². The SMILES string of the molecule is O=C(NCc1ccccc1Cl)NCC1(c2ccc(F)cc2)CC1. The van der Waals surface area contributed by atoms with Crippen LogP contribution in [-0.2, 0) is 12.0 Å². The van der Waals surface area contributed by atoms with Crippen LogP contribution in [0.15, 0.2) is 48.5 Å². The van der Waals surface area contributed by atoms with Crippen molar-refractivity contribution in [2.45, 2.75) is 24.8 Å². The fraction of sp³-hybridized carbons (Fsp3) is 0.278. The fourth-order valence-electron chi connectivity index (χ4n) is 2.65. The molecule has 0 aromatic heterocycles. The van der Waals surface area contributed by atoms with E-state index < -0.39 is 0 Å². The van der Waals surface area contributed by atoms with Crippen molar-refractivity contribution in [3.8, 4) is 0 Å². The molecule has 3 rings (SSSR count). The Morgan fingerprint density at radius 1 is 1.09 bits per heavy atom. The van der Waals surface area contributed by atoms with Gasteiger partial charge in [-0.05, 0) is 42.2 Å². The summed E-state index contributed by atoms with van der Waals surface area (Å²) < 4.78 is 13.0. The Labute approximate surface area is 139 Å². The first kappa shape index (κ1) is 15.8. The first-order chi connectivity index (χ1) is 11.1. The lowest BCUT2D eigenvalue weighted by Gasteiger charge is -2.17. The minimum atomic E-state index is -0.241. The number of nitrogens with one attached hydrogen (secondary N) is 2. The van der Waals surface area contributed by atoms with Gasteiger partial charge >= 0.3 is 6.03 Å². The Balaban J connectivity index is 1.51. The molecule has 3 nitrogen and oxygen atoms in total. The third-order valence-corrected chi connectivity index (χ3v) is 4.66. The highest BCUT2D eigenvalue weighted by Crippen LogP contribution is 2.47. The smallest absolute Gasteiger partial charge is 0.315 e. The van der Waals surface area contributed by atoms with Gasteiger partial charge in [-0.25, -0.2) is 9.18 Å². The molecule has 23 heavy (non-hydrogen) atoms. The van der Waals surface area contributed by atoms with Crippen LogP contribution in [-0.4, -0.2) is 12.6 Å². The van der Waals surface area contributed by atoms with E-state index in [1.807, 2.05) is 18.2 Å². The van der Waals surface area contributed by atoms with Gasteiger partial charge < -0.3 is 10.6 Å². The van der Waals surface area contributed by atoms with Gasteiger partial charge in [-0.2, -0.15) is 0 Å². The molecule has 5 heteroatoms. The molecule has 0 atom stereocenters. The Morgan fingerprint density at radius 3 is 2.43 bits per heavy atom. The number of carbonyl (C=O) groups excluding carboxylic acids is 1. The van der Waals surface area contributed by atoms with Crippen LogP contribution in [0.25, 0.3) is 0 Å². The number of hydrogen-bond donors (Lipinski definition) is 2. The minimum Gasteiger partial charge on any atom is -0.337 e. The van der Waals surface area contributed by atoms with E-state index in [0.717, 1.165) is 24.0 Å². The third-order valence-electron chi connectivity index (χ3n) is 4.29. The molecule has 0 saturated heterocycles. The first-order valence-corrected chi connectivity index (χ1v) is 7.98. The summed E-state index contributed by atoms with van der Waals surface area (Å²) in [6, 6.07) is 13.7. The van der Waals surface area contributed by atoms with Crippen LogP contribution in [0, 0.1) is 5.82 Å². The van der Waals surface area contributed by atoms with E-state index in [1.54, 1.807) is 18.2 Å². The van der Waals surface area contributed by atoms with Crippen molar-refractivity contribution in [2.75, 3.05) is 6.54 Å². The largest absolute Gasteiger partial charge is 0.337 e. The summed E-state index contributed by atoms with van der Waals surface area (Å²) in [7, 11) is 0. The van der Waals surface area contributed by atoms with Gasteiger partial charge in [-0.3, -0.25) is 0 Å². The molecule has 0 spiro atoms. The van der Waals surface area contributed by atoms with E-state index in [4.69, 9.17) is 11.6 Å². The number of hydrogen-bond acceptors (Lipinski definition) is 1. The highest BCUT2D eigenvalue weighted by Gasteiger charge is 2.44. The average molecular weight is 333 g/mol. The van der Waals surface area contributed by atoms with Crippen LogP contribution in [0.3, 0.4) is 0 Å². The number of amides is 2. The Hall–Kier alpha value is -2.07. The normalized spacial score (nSPS) is 15.0. The minimum absolute atomic E-state index is 0.0462. The summed E-state index contributed by atoms with van der Waals surface area (Å²) >= 11 is 6.06. The predicted molar refractivity (Wildman–Crippen MR) is 89.0 cm³/mol. The van der Waals surface area contributed by atoms with Gasteiger partial charge in [-0.1, -0.05) is 41.9 Å². The molecule has 0 bridgehead atoms. The second kappa shape index (κ2) is 6.59. The lowest BCUT2D eigenvalue weighted by Crippen LogP contribution is -2.39. The molecule has 0 unspecified atom stereocenters. The topological polar surface area (TPSA) is 41.1 Å². The summed E-state index contributed by atoms with van der Waals surface area (Å²) in [5, 5.41) is 6.34. The number of halogens is 2.